The molecule has 76 valence electrons. The van der Waals surface area contributed by atoms with Crippen LogP contribution in [0.4, 0.5) is 5.69 Å². The number of benzene rings is 1. The van der Waals surface area contributed by atoms with E-state index in [1.54, 1.807) is 0 Å². The Kier molecular flexibility index (Phi) is 2.76. The molecule has 0 radical (unpaired) electrons. The Morgan fingerprint density at radius 3 is 2.29 bits per heavy atom. The summed E-state index contributed by atoms with van der Waals surface area (Å²) in [5.74, 6) is -0.325. The van der Waals surface area contributed by atoms with Crippen molar-refractivity contribution in [2.75, 3.05) is 14.2 Å². The van der Waals surface area contributed by atoms with E-state index in [0.29, 0.717) is 0 Å². The predicted octanol–water partition coefficient (Wildman–Crippen LogP) is 1.32. The molecule has 6 heteroatoms. The Morgan fingerprint density at radius 2 is 1.86 bits per heavy atom. The van der Waals surface area contributed by atoms with Crippen molar-refractivity contribution >= 4 is 5.69 Å². The van der Waals surface area contributed by atoms with Crippen LogP contribution in [-0.4, -0.2) is 24.2 Å². The van der Waals surface area contributed by atoms with Crippen molar-refractivity contribution in [1.82, 2.24) is 0 Å². The van der Waals surface area contributed by atoms with Crippen LogP contribution in [0.1, 0.15) is 0 Å². The molecule has 0 spiro atoms. The summed E-state index contributed by atoms with van der Waals surface area (Å²) in [6.45, 7) is 0. The van der Waals surface area contributed by atoms with Crippen LogP contribution in [0.2, 0.25) is 0 Å². The standard InChI is InChI=1S/C8H9NO5/c1-13-7-5(9(11)12)3-4-6(10)8(7)14-2/h3-4,10H,1-2H3. The third-order valence-corrected chi connectivity index (χ3v) is 1.68. The van der Waals surface area contributed by atoms with Gasteiger partial charge in [0, 0.05) is 6.07 Å². The summed E-state index contributed by atoms with van der Waals surface area (Å²) in [5.41, 5.74) is -0.248. The SMILES string of the molecule is COc1c(O)ccc([N+](=O)[O-])c1OC. The fourth-order valence-electron chi connectivity index (χ4n) is 1.08. The normalized spacial score (nSPS) is 9.57. The van der Waals surface area contributed by atoms with Gasteiger partial charge in [-0.2, -0.15) is 0 Å². The molecule has 0 fully saturated rings. The number of phenols is 1. The number of hydrogen-bond acceptors (Lipinski definition) is 5. The molecule has 1 aromatic carbocycles. The molecule has 0 saturated heterocycles. The Balaban J connectivity index is 3.40. The van der Waals surface area contributed by atoms with Crippen LogP contribution in [0.25, 0.3) is 0 Å². The molecule has 6 nitrogen and oxygen atoms in total. The molecule has 0 aliphatic rings. The van der Waals surface area contributed by atoms with Gasteiger partial charge in [0.15, 0.2) is 5.75 Å². The highest BCUT2D eigenvalue weighted by Gasteiger charge is 2.22. The maximum atomic E-state index is 10.5. The number of rotatable bonds is 3. The lowest BCUT2D eigenvalue weighted by atomic mass is 10.2. The van der Waals surface area contributed by atoms with E-state index in [-0.39, 0.29) is 22.9 Å². The van der Waals surface area contributed by atoms with Crippen molar-refractivity contribution in [1.29, 1.82) is 0 Å². The van der Waals surface area contributed by atoms with Gasteiger partial charge in [0.2, 0.25) is 11.5 Å². The van der Waals surface area contributed by atoms with Gasteiger partial charge in [-0.25, -0.2) is 0 Å². The molecule has 0 aliphatic carbocycles. The molecule has 0 aliphatic heterocycles. The maximum Gasteiger partial charge on any atom is 0.315 e. The summed E-state index contributed by atoms with van der Waals surface area (Å²) in [6.07, 6.45) is 0. The van der Waals surface area contributed by atoms with Crippen molar-refractivity contribution in [3.63, 3.8) is 0 Å². The number of methoxy groups -OCH3 is 2. The summed E-state index contributed by atoms with van der Waals surface area (Å²) in [7, 11) is 2.56. The maximum absolute atomic E-state index is 10.5. The van der Waals surface area contributed by atoms with Crippen LogP contribution < -0.4 is 9.47 Å². The fraction of sp³-hybridized carbons (Fsp3) is 0.250. The zero-order valence-corrected chi connectivity index (χ0v) is 7.68. The first-order valence-corrected chi connectivity index (χ1v) is 3.70. The number of nitrogens with zero attached hydrogens (tertiary/aromatic N) is 1. The molecule has 0 aromatic heterocycles. The lowest BCUT2D eigenvalue weighted by Gasteiger charge is -2.08. The molecule has 1 aromatic rings. The van der Waals surface area contributed by atoms with E-state index in [9.17, 15) is 15.2 Å². The van der Waals surface area contributed by atoms with Crippen molar-refractivity contribution in [3.05, 3.63) is 22.2 Å². The highest BCUT2D eigenvalue weighted by atomic mass is 16.6. The Labute approximate surface area is 79.8 Å². The van der Waals surface area contributed by atoms with E-state index in [1.807, 2.05) is 0 Å². The van der Waals surface area contributed by atoms with E-state index < -0.39 is 4.92 Å². The summed E-state index contributed by atoms with van der Waals surface area (Å²) in [4.78, 5) is 9.94. The van der Waals surface area contributed by atoms with Gasteiger partial charge in [0.05, 0.1) is 19.1 Å². The molecule has 0 heterocycles. The van der Waals surface area contributed by atoms with Crippen LogP contribution in [0.15, 0.2) is 12.1 Å². The molecule has 1 rings (SSSR count). The zero-order chi connectivity index (χ0) is 10.7. The average Bonchev–Trinajstić information content (AvgIpc) is 2.16. The number of ether oxygens (including phenoxy) is 2. The first-order valence-electron chi connectivity index (χ1n) is 3.70. The molecule has 1 N–H and O–H groups in total. The summed E-state index contributed by atoms with van der Waals surface area (Å²) < 4.78 is 9.56. The van der Waals surface area contributed by atoms with Gasteiger partial charge in [-0.05, 0) is 6.07 Å². The molecule has 0 unspecified atom stereocenters. The number of phenolic OH excluding ortho intramolecular Hbond substituents is 1. The Hall–Kier alpha value is -1.98. The topological polar surface area (TPSA) is 81.8 Å². The highest BCUT2D eigenvalue weighted by molar-refractivity contribution is 5.61. The molecule has 0 bridgehead atoms. The molecule has 0 amide bonds. The second-order valence-corrected chi connectivity index (χ2v) is 2.43. The quantitative estimate of drug-likeness (QED) is 0.586. The Bertz CT molecular complexity index is 363. The van der Waals surface area contributed by atoms with E-state index >= 15 is 0 Å². The molecule has 14 heavy (non-hydrogen) atoms. The smallest absolute Gasteiger partial charge is 0.315 e. The van der Waals surface area contributed by atoms with Crippen LogP contribution >= 0.6 is 0 Å². The minimum atomic E-state index is -0.610. The van der Waals surface area contributed by atoms with Gasteiger partial charge in [0.25, 0.3) is 0 Å². The van der Waals surface area contributed by atoms with Crippen LogP contribution in [-0.2, 0) is 0 Å². The Morgan fingerprint density at radius 1 is 1.29 bits per heavy atom. The second kappa shape index (κ2) is 3.82. The summed E-state index contributed by atoms with van der Waals surface area (Å²) in [6, 6.07) is 2.33. The van der Waals surface area contributed by atoms with Crippen molar-refractivity contribution < 1.29 is 19.5 Å². The van der Waals surface area contributed by atoms with Gasteiger partial charge in [-0.3, -0.25) is 10.1 Å². The van der Waals surface area contributed by atoms with Gasteiger partial charge in [-0.1, -0.05) is 0 Å². The molecular weight excluding hydrogens is 190 g/mol. The van der Waals surface area contributed by atoms with Gasteiger partial charge < -0.3 is 14.6 Å². The van der Waals surface area contributed by atoms with E-state index in [2.05, 4.69) is 0 Å². The predicted molar refractivity (Wildman–Crippen MR) is 47.9 cm³/mol. The highest BCUT2D eigenvalue weighted by Crippen LogP contribution is 2.42. The lowest BCUT2D eigenvalue weighted by molar-refractivity contribution is -0.385. The van der Waals surface area contributed by atoms with Gasteiger partial charge in [-0.15, -0.1) is 0 Å². The van der Waals surface area contributed by atoms with E-state index in [4.69, 9.17) is 9.47 Å². The van der Waals surface area contributed by atoms with E-state index in [1.165, 1.54) is 20.3 Å². The van der Waals surface area contributed by atoms with Crippen molar-refractivity contribution in [3.8, 4) is 17.2 Å². The average molecular weight is 199 g/mol. The first-order chi connectivity index (χ1) is 6.61. The molecule has 0 atom stereocenters. The summed E-state index contributed by atoms with van der Waals surface area (Å²) >= 11 is 0. The largest absolute Gasteiger partial charge is 0.504 e. The monoisotopic (exact) mass is 199 g/mol. The number of nitro benzene ring substituents is 1. The molecule has 0 saturated carbocycles. The first kappa shape index (κ1) is 10.1. The minimum Gasteiger partial charge on any atom is -0.504 e. The lowest BCUT2D eigenvalue weighted by Crippen LogP contribution is -1.96. The summed E-state index contributed by atoms with van der Waals surface area (Å²) in [5, 5.41) is 19.8. The zero-order valence-electron chi connectivity index (χ0n) is 7.68. The molecular formula is C8H9NO5. The van der Waals surface area contributed by atoms with Crippen LogP contribution in [0.5, 0.6) is 17.2 Å². The number of aromatic hydroxyl groups is 1. The van der Waals surface area contributed by atoms with Gasteiger partial charge in [0.1, 0.15) is 0 Å². The fourth-order valence-corrected chi connectivity index (χ4v) is 1.08. The third kappa shape index (κ3) is 1.54. The van der Waals surface area contributed by atoms with Crippen molar-refractivity contribution in [2.24, 2.45) is 0 Å². The van der Waals surface area contributed by atoms with Crippen LogP contribution in [0, 0.1) is 10.1 Å². The van der Waals surface area contributed by atoms with Crippen LogP contribution in [0.3, 0.4) is 0 Å². The van der Waals surface area contributed by atoms with Crippen molar-refractivity contribution in [2.45, 2.75) is 0 Å². The second-order valence-electron chi connectivity index (χ2n) is 2.43. The minimum absolute atomic E-state index is 0.0401. The van der Waals surface area contributed by atoms with Gasteiger partial charge >= 0.3 is 5.69 Å². The third-order valence-electron chi connectivity index (χ3n) is 1.68. The van der Waals surface area contributed by atoms with E-state index in [0.717, 1.165) is 6.07 Å². The number of nitro groups is 1. The number of hydrogen-bond donors (Lipinski definition) is 1.